The van der Waals surface area contributed by atoms with Crippen molar-refractivity contribution in [1.82, 2.24) is 20.0 Å². The highest BCUT2D eigenvalue weighted by atomic mass is 32.2. The van der Waals surface area contributed by atoms with E-state index < -0.39 is 0 Å². The van der Waals surface area contributed by atoms with Gasteiger partial charge in [-0.25, -0.2) is 0 Å². The van der Waals surface area contributed by atoms with Crippen LogP contribution in [0.25, 0.3) is 0 Å². The Labute approximate surface area is 123 Å². The zero-order valence-electron chi connectivity index (χ0n) is 11.6. The molecule has 1 fully saturated rings. The van der Waals surface area contributed by atoms with Gasteiger partial charge in [0.25, 0.3) is 0 Å². The summed E-state index contributed by atoms with van der Waals surface area (Å²) in [6.07, 6.45) is 9.26. The van der Waals surface area contributed by atoms with Crippen LogP contribution in [0.5, 0.6) is 0 Å². The number of nitrogens with one attached hydrogen (secondary N) is 1. The first-order valence-corrected chi connectivity index (χ1v) is 8.23. The average Bonchev–Trinajstić information content (AvgIpc) is 3.16. The van der Waals surface area contributed by atoms with E-state index in [-0.39, 0.29) is 0 Å². The quantitative estimate of drug-likeness (QED) is 0.857. The van der Waals surface area contributed by atoms with Gasteiger partial charge >= 0.3 is 0 Å². The Morgan fingerprint density at radius 1 is 1.25 bits per heavy atom. The molecule has 0 saturated heterocycles. The molecule has 1 saturated carbocycles. The first-order valence-electron chi connectivity index (χ1n) is 7.01. The maximum Gasteiger partial charge on any atom is 0.149 e. The lowest BCUT2D eigenvalue weighted by atomic mass is 10.3. The van der Waals surface area contributed by atoms with E-state index in [9.17, 15) is 0 Å². The van der Waals surface area contributed by atoms with Crippen molar-refractivity contribution in [2.75, 3.05) is 11.6 Å². The number of nitrogens with zero attached hydrogens (tertiary/aromatic N) is 4. The summed E-state index contributed by atoms with van der Waals surface area (Å²) in [6.45, 7) is 0.688. The molecule has 2 aromatic heterocycles. The molecule has 1 aliphatic carbocycles. The molecule has 2 heterocycles. The van der Waals surface area contributed by atoms with Crippen LogP contribution < -0.4 is 5.32 Å². The van der Waals surface area contributed by atoms with Crippen LogP contribution in [0.15, 0.2) is 29.4 Å². The minimum absolute atomic E-state index is 0.601. The molecule has 1 aliphatic rings. The Kier molecular flexibility index (Phi) is 4.20. The van der Waals surface area contributed by atoms with E-state index in [2.05, 4.69) is 37.6 Å². The molecule has 0 bridgehead atoms. The predicted octanol–water partition coefficient (Wildman–Crippen LogP) is 3.12. The van der Waals surface area contributed by atoms with Gasteiger partial charge in [0.2, 0.25) is 0 Å². The summed E-state index contributed by atoms with van der Waals surface area (Å²) in [5.74, 6) is 0.790. The van der Waals surface area contributed by atoms with Crippen molar-refractivity contribution in [2.45, 2.75) is 43.3 Å². The highest BCUT2D eigenvalue weighted by Crippen LogP contribution is 2.28. The molecule has 0 amide bonds. The molecule has 1 N–H and O–H groups in total. The summed E-state index contributed by atoms with van der Waals surface area (Å²) >= 11 is 1.59. The molecule has 0 aromatic carbocycles. The fraction of sp³-hybridized carbons (Fsp3) is 0.500. The Balaban J connectivity index is 1.57. The van der Waals surface area contributed by atoms with Crippen LogP contribution in [-0.2, 0) is 6.54 Å². The van der Waals surface area contributed by atoms with Gasteiger partial charge < -0.3 is 5.32 Å². The van der Waals surface area contributed by atoms with Crippen molar-refractivity contribution in [2.24, 2.45) is 0 Å². The molecule has 0 spiro atoms. The van der Waals surface area contributed by atoms with E-state index in [4.69, 9.17) is 0 Å². The van der Waals surface area contributed by atoms with Crippen LogP contribution in [0.3, 0.4) is 0 Å². The van der Waals surface area contributed by atoms with Gasteiger partial charge in [-0.3, -0.25) is 4.68 Å². The van der Waals surface area contributed by atoms with Crippen LogP contribution in [0, 0.1) is 0 Å². The van der Waals surface area contributed by atoms with Gasteiger partial charge in [-0.15, -0.1) is 22.0 Å². The van der Waals surface area contributed by atoms with Crippen molar-refractivity contribution < 1.29 is 0 Å². The zero-order valence-corrected chi connectivity index (χ0v) is 12.4. The van der Waals surface area contributed by atoms with Crippen molar-refractivity contribution in [3.8, 4) is 0 Å². The molecule has 0 unspecified atom stereocenters. The molecule has 6 heteroatoms. The minimum atomic E-state index is 0.601. The maximum absolute atomic E-state index is 4.64. The van der Waals surface area contributed by atoms with E-state index in [1.54, 1.807) is 11.8 Å². The normalized spacial score (nSPS) is 15.7. The van der Waals surface area contributed by atoms with E-state index in [0.717, 1.165) is 16.5 Å². The second-order valence-electron chi connectivity index (χ2n) is 5.04. The molecular weight excluding hydrogens is 270 g/mol. The number of anilines is 1. The van der Waals surface area contributed by atoms with Crippen molar-refractivity contribution in [3.05, 3.63) is 30.1 Å². The lowest BCUT2D eigenvalue weighted by Gasteiger charge is -2.09. The Bertz CT molecular complexity index is 545. The monoisotopic (exact) mass is 289 g/mol. The summed E-state index contributed by atoms with van der Waals surface area (Å²) in [6, 6.07) is 6.60. The summed E-state index contributed by atoms with van der Waals surface area (Å²) < 4.78 is 2.12. The van der Waals surface area contributed by atoms with Gasteiger partial charge in [-0.1, -0.05) is 12.8 Å². The van der Waals surface area contributed by atoms with Crippen LogP contribution in [0.1, 0.15) is 37.4 Å². The van der Waals surface area contributed by atoms with Crippen molar-refractivity contribution in [1.29, 1.82) is 0 Å². The van der Waals surface area contributed by atoms with Crippen molar-refractivity contribution >= 4 is 17.6 Å². The lowest BCUT2D eigenvalue weighted by Crippen LogP contribution is -2.07. The Morgan fingerprint density at radius 2 is 2.10 bits per heavy atom. The molecule has 0 atom stereocenters. The van der Waals surface area contributed by atoms with Gasteiger partial charge in [-0.2, -0.15) is 5.10 Å². The van der Waals surface area contributed by atoms with Crippen LogP contribution in [0.4, 0.5) is 5.82 Å². The van der Waals surface area contributed by atoms with Gasteiger partial charge in [0.1, 0.15) is 10.8 Å². The second kappa shape index (κ2) is 6.26. The van der Waals surface area contributed by atoms with E-state index in [0.29, 0.717) is 12.6 Å². The number of rotatable bonds is 5. The van der Waals surface area contributed by atoms with Gasteiger partial charge in [0.05, 0.1) is 18.3 Å². The standard InChI is InChI=1S/C14H19N5S/c1-20-14-7-6-13(16-17-14)15-10-11-8-9-19(18-11)12-4-2-3-5-12/h6-9,12H,2-5,10H2,1H3,(H,15,16). The molecule has 106 valence electrons. The fourth-order valence-electron chi connectivity index (χ4n) is 2.55. The molecule has 3 rings (SSSR count). The lowest BCUT2D eigenvalue weighted by molar-refractivity contribution is 0.463. The number of hydrogen-bond donors (Lipinski definition) is 1. The highest BCUT2D eigenvalue weighted by Gasteiger charge is 2.17. The van der Waals surface area contributed by atoms with Crippen LogP contribution in [-0.4, -0.2) is 26.2 Å². The Hall–Kier alpha value is -1.56. The van der Waals surface area contributed by atoms with Gasteiger partial charge in [-0.05, 0) is 37.3 Å². The summed E-state index contributed by atoms with van der Waals surface area (Å²) in [4.78, 5) is 0. The third-order valence-corrected chi connectivity index (χ3v) is 4.30. The molecule has 20 heavy (non-hydrogen) atoms. The third kappa shape index (κ3) is 3.12. The topological polar surface area (TPSA) is 55.6 Å². The molecule has 0 aliphatic heterocycles. The van der Waals surface area contributed by atoms with Crippen LogP contribution >= 0.6 is 11.8 Å². The largest absolute Gasteiger partial charge is 0.363 e. The highest BCUT2D eigenvalue weighted by molar-refractivity contribution is 7.98. The first kappa shape index (κ1) is 13.4. The van der Waals surface area contributed by atoms with E-state index in [1.807, 2.05) is 18.4 Å². The first-order chi connectivity index (χ1) is 9.85. The van der Waals surface area contributed by atoms with Gasteiger partial charge in [0, 0.05) is 6.20 Å². The molecular formula is C14H19N5S. The third-order valence-electron chi connectivity index (χ3n) is 3.66. The summed E-state index contributed by atoms with van der Waals surface area (Å²) in [5, 5.41) is 17.1. The van der Waals surface area contributed by atoms with E-state index in [1.165, 1.54) is 25.7 Å². The predicted molar refractivity (Wildman–Crippen MR) is 80.9 cm³/mol. The summed E-state index contributed by atoms with van der Waals surface area (Å²) in [5.41, 5.74) is 1.05. The zero-order chi connectivity index (χ0) is 13.8. The SMILES string of the molecule is CSc1ccc(NCc2ccn(C3CCCC3)n2)nn1. The van der Waals surface area contributed by atoms with Gasteiger partial charge in [0.15, 0.2) is 0 Å². The number of thioether (sulfide) groups is 1. The molecule has 5 nitrogen and oxygen atoms in total. The van der Waals surface area contributed by atoms with Crippen LogP contribution in [0.2, 0.25) is 0 Å². The van der Waals surface area contributed by atoms with Crippen molar-refractivity contribution in [3.63, 3.8) is 0 Å². The average molecular weight is 289 g/mol. The second-order valence-corrected chi connectivity index (χ2v) is 5.87. The Morgan fingerprint density at radius 3 is 2.80 bits per heavy atom. The number of aromatic nitrogens is 4. The smallest absolute Gasteiger partial charge is 0.149 e. The summed E-state index contributed by atoms with van der Waals surface area (Å²) in [7, 11) is 0. The van der Waals surface area contributed by atoms with E-state index >= 15 is 0 Å². The fourth-order valence-corrected chi connectivity index (χ4v) is 2.87. The minimum Gasteiger partial charge on any atom is -0.363 e. The molecule has 2 aromatic rings. The number of hydrogen-bond acceptors (Lipinski definition) is 5. The molecule has 0 radical (unpaired) electrons. The maximum atomic E-state index is 4.64.